The van der Waals surface area contributed by atoms with Crippen LogP contribution >= 0.6 is 27.3 Å². The molecule has 2 aromatic heterocycles. The van der Waals surface area contributed by atoms with Crippen molar-refractivity contribution in [2.75, 3.05) is 0 Å². The maximum absolute atomic E-state index is 11.8. The van der Waals surface area contributed by atoms with Crippen LogP contribution in [-0.2, 0) is 0 Å². The minimum absolute atomic E-state index is 0.146. The predicted octanol–water partition coefficient (Wildman–Crippen LogP) is 2.53. The molecule has 0 amide bonds. The van der Waals surface area contributed by atoms with E-state index < -0.39 is 0 Å². The van der Waals surface area contributed by atoms with E-state index >= 15 is 0 Å². The zero-order chi connectivity index (χ0) is 9.97. The van der Waals surface area contributed by atoms with Crippen molar-refractivity contribution in [3.05, 3.63) is 45.1 Å². The first-order chi connectivity index (χ1) is 6.79. The normalized spacial score (nSPS) is 10.1. The SMILES string of the molecule is O=C(c1ncccn1)c1sccc1Br. The van der Waals surface area contributed by atoms with Gasteiger partial charge >= 0.3 is 0 Å². The molecular formula is C9H5BrN2OS. The Labute approximate surface area is 93.0 Å². The molecule has 0 aliphatic heterocycles. The standard InChI is InChI=1S/C9H5BrN2OS/c10-6-2-5-14-8(6)7(13)9-11-3-1-4-12-9/h1-5H. The van der Waals surface area contributed by atoms with E-state index in [1.807, 2.05) is 11.4 Å². The molecule has 0 aliphatic carbocycles. The zero-order valence-corrected chi connectivity index (χ0v) is 9.38. The van der Waals surface area contributed by atoms with Crippen LogP contribution < -0.4 is 0 Å². The first-order valence-electron chi connectivity index (χ1n) is 3.84. The summed E-state index contributed by atoms with van der Waals surface area (Å²) in [6.07, 6.45) is 3.11. The summed E-state index contributed by atoms with van der Waals surface area (Å²) in [6, 6.07) is 3.51. The highest BCUT2D eigenvalue weighted by Gasteiger charge is 2.15. The van der Waals surface area contributed by atoms with Gasteiger partial charge in [-0.15, -0.1) is 11.3 Å². The van der Waals surface area contributed by atoms with Crippen molar-refractivity contribution in [1.29, 1.82) is 0 Å². The van der Waals surface area contributed by atoms with Crippen LogP contribution in [0.3, 0.4) is 0 Å². The van der Waals surface area contributed by atoms with Crippen LogP contribution in [0.1, 0.15) is 15.5 Å². The summed E-state index contributed by atoms with van der Waals surface area (Å²) in [7, 11) is 0. The Balaban J connectivity index is 2.39. The van der Waals surface area contributed by atoms with Crippen molar-refractivity contribution in [3.63, 3.8) is 0 Å². The first kappa shape index (κ1) is 9.48. The third kappa shape index (κ3) is 1.73. The highest BCUT2D eigenvalue weighted by atomic mass is 79.9. The number of ketones is 1. The summed E-state index contributed by atoms with van der Waals surface area (Å²) in [4.78, 5) is 20.2. The summed E-state index contributed by atoms with van der Waals surface area (Å²) in [5, 5.41) is 1.85. The number of thiophene rings is 1. The van der Waals surface area contributed by atoms with E-state index in [-0.39, 0.29) is 11.6 Å². The molecular weight excluding hydrogens is 264 g/mol. The molecule has 0 saturated heterocycles. The van der Waals surface area contributed by atoms with E-state index in [1.165, 1.54) is 11.3 Å². The van der Waals surface area contributed by atoms with Crippen LogP contribution in [0.4, 0.5) is 0 Å². The number of carbonyl (C=O) groups excluding carboxylic acids is 1. The van der Waals surface area contributed by atoms with E-state index in [4.69, 9.17) is 0 Å². The Morgan fingerprint density at radius 1 is 1.36 bits per heavy atom. The van der Waals surface area contributed by atoms with Gasteiger partial charge in [-0.05, 0) is 33.4 Å². The lowest BCUT2D eigenvalue weighted by molar-refractivity contribution is 0.103. The molecule has 70 valence electrons. The predicted molar refractivity (Wildman–Crippen MR) is 57.5 cm³/mol. The monoisotopic (exact) mass is 268 g/mol. The van der Waals surface area contributed by atoms with Gasteiger partial charge in [0, 0.05) is 16.9 Å². The van der Waals surface area contributed by atoms with Crippen LogP contribution in [0.25, 0.3) is 0 Å². The second kappa shape index (κ2) is 3.98. The number of carbonyl (C=O) groups is 1. The molecule has 0 aromatic carbocycles. The molecule has 0 fully saturated rings. The fourth-order valence-electron chi connectivity index (χ4n) is 0.974. The number of halogens is 1. The minimum Gasteiger partial charge on any atom is -0.284 e. The molecule has 2 aromatic rings. The van der Waals surface area contributed by atoms with Crippen molar-refractivity contribution in [2.24, 2.45) is 0 Å². The van der Waals surface area contributed by atoms with Gasteiger partial charge in [-0.25, -0.2) is 9.97 Å². The van der Waals surface area contributed by atoms with Crippen LogP contribution in [0.2, 0.25) is 0 Å². The number of hydrogen-bond acceptors (Lipinski definition) is 4. The van der Waals surface area contributed by atoms with Crippen molar-refractivity contribution >= 4 is 33.0 Å². The molecule has 2 heterocycles. The average molecular weight is 269 g/mol. The van der Waals surface area contributed by atoms with Crippen molar-refractivity contribution in [1.82, 2.24) is 9.97 Å². The van der Waals surface area contributed by atoms with Crippen molar-refractivity contribution in [2.45, 2.75) is 0 Å². The Morgan fingerprint density at radius 3 is 2.64 bits per heavy atom. The van der Waals surface area contributed by atoms with Gasteiger partial charge in [0.1, 0.15) is 0 Å². The maximum atomic E-state index is 11.8. The molecule has 0 aliphatic rings. The Kier molecular flexibility index (Phi) is 2.69. The average Bonchev–Trinajstić information content (AvgIpc) is 2.65. The summed E-state index contributed by atoms with van der Waals surface area (Å²) >= 11 is 4.67. The molecule has 0 atom stereocenters. The number of rotatable bonds is 2. The number of aromatic nitrogens is 2. The molecule has 0 spiro atoms. The second-order valence-corrected chi connectivity index (χ2v) is 4.27. The highest BCUT2D eigenvalue weighted by Crippen LogP contribution is 2.24. The smallest absolute Gasteiger partial charge is 0.241 e. The molecule has 14 heavy (non-hydrogen) atoms. The maximum Gasteiger partial charge on any atom is 0.241 e. The largest absolute Gasteiger partial charge is 0.284 e. The van der Waals surface area contributed by atoms with Gasteiger partial charge in [-0.3, -0.25) is 4.79 Å². The van der Waals surface area contributed by atoms with Gasteiger partial charge < -0.3 is 0 Å². The molecule has 0 N–H and O–H groups in total. The van der Waals surface area contributed by atoms with Gasteiger partial charge in [-0.1, -0.05) is 0 Å². The van der Waals surface area contributed by atoms with E-state index in [2.05, 4.69) is 25.9 Å². The second-order valence-electron chi connectivity index (χ2n) is 2.50. The van der Waals surface area contributed by atoms with Crippen LogP contribution in [-0.4, -0.2) is 15.8 Å². The fourth-order valence-corrected chi connectivity index (χ4v) is 2.46. The van der Waals surface area contributed by atoms with Gasteiger partial charge in [0.2, 0.25) is 11.6 Å². The number of nitrogens with zero attached hydrogens (tertiary/aromatic N) is 2. The lowest BCUT2D eigenvalue weighted by Gasteiger charge is -1.95. The van der Waals surface area contributed by atoms with Gasteiger partial charge in [0.25, 0.3) is 0 Å². The highest BCUT2D eigenvalue weighted by molar-refractivity contribution is 9.10. The Morgan fingerprint density at radius 2 is 2.07 bits per heavy atom. The molecule has 2 rings (SSSR count). The third-order valence-electron chi connectivity index (χ3n) is 1.59. The van der Waals surface area contributed by atoms with Gasteiger partial charge in [0.05, 0.1) is 4.88 Å². The molecule has 5 heteroatoms. The summed E-state index contributed by atoms with van der Waals surface area (Å²) < 4.78 is 0.792. The zero-order valence-electron chi connectivity index (χ0n) is 6.98. The minimum atomic E-state index is -0.146. The van der Waals surface area contributed by atoms with Crippen molar-refractivity contribution in [3.8, 4) is 0 Å². The summed E-state index contributed by atoms with van der Waals surface area (Å²) in [5.74, 6) is 0.0862. The molecule has 0 saturated carbocycles. The molecule has 0 unspecified atom stereocenters. The molecule has 0 radical (unpaired) electrons. The number of hydrogen-bond donors (Lipinski definition) is 0. The Hall–Kier alpha value is -1.07. The van der Waals surface area contributed by atoms with Crippen molar-refractivity contribution < 1.29 is 4.79 Å². The van der Waals surface area contributed by atoms with Gasteiger partial charge in [-0.2, -0.15) is 0 Å². The van der Waals surface area contributed by atoms with Crippen LogP contribution in [0.15, 0.2) is 34.4 Å². The van der Waals surface area contributed by atoms with Gasteiger partial charge in [0.15, 0.2) is 0 Å². The van der Waals surface area contributed by atoms with E-state index in [0.717, 1.165) is 4.47 Å². The van der Waals surface area contributed by atoms with E-state index in [9.17, 15) is 4.79 Å². The van der Waals surface area contributed by atoms with Crippen LogP contribution in [0, 0.1) is 0 Å². The molecule has 3 nitrogen and oxygen atoms in total. The Bertz CT molecular complexity index is 455. The quantitative estimate of drug-likeness (QED) is 0.787. The van der Waals surface area contributed by atoms with E-state index in [1.54, 1.807) is 18.5 Å². The third-order valence-corrected chi connectivity index (χ3v) is 3.43. The summed E-state index contributed by atoms with van der Waals surface area (Å²) in [6.45, 7) is 0. The summed E-state index contributed by atoms with van der Waals surface area (Å²) in [5.41, 5.74) is 0. The lowest BCUT2D eigenvalue weighted by Crippen LogP contribution is -2.04. The lowest BCUT2D eigenvalue weighted by atomic mass is 10.3. The topological polar surface area (TPSA) is 42.9 Å². The molecule has 0 bridgehead atoms. The fraction of sp³-hybridized carbons (Fsp3) is 0. The first-order valence-corrected chi connectivity index (χ1v) is 5.51. The van der Waals surface area contributed by atoms with E-state index in [0.29, 0.717) is 4.88 Å². The van der Waals surface area contributed by atoms with Crippen LogP contribution in [0.5, 0.6) is 0 Å².